The number of allylic oxidation sites excluding steroid dienone is 6. The van der Waals surface area contributed by atoms with Crippen molar-refractivity contribution in [2.75, 3.05) is 12.0 Å². The second-order valence-electron chi connectivity index (χ2n) is 10.1. The van der Waals surface area contributed by atoms with Crippen LogP contribution in [0.1, 0.15) is 31.2 Å². The minimum absolute atomic E-state index is 0.0426. The van der Waals surface area contributed by atoms with Crippen LogP contribution in [0.25, 0.3) is 0 Å². The van der Waals surface area contributed by atoms with Crippen LogP contribution < -0.4 is 9.64 Å². The molecule has 0 spiro atoms. The van der Waals surface area contributed by atoms with Crippen LogP contribution in [0, 0.1) is 17.8 Å². The number of rotatable bonds is 3. The van der Waals surface area contributed by atoms with Crippen molar-refractivity contribution in [3.63, 3.8) is 0 Å². The lowest BCUT2D eigenvalue weighted by molar-refractivity contribution is -0.123. The lowest BCUT2D eigenvalue weighted by atomic mass is 9.59. The van der Waals surface area contributed by atoms with Gasteiger partial charge >= 0.3 is 0 Å². The molecule has 2 amide bonds. The van der Waals surface area contributed by atoms with Gasteiger partial charge < -0.3 is 9.84 Å². The number of nitrogens with zero attached hydrogens (tertiary/aromatic N) is 1. The van der Waals surface area contributed by atoms with E-state index in [1.165, 1.54) is 24.2 Å². The monoisotopic (exact) mass is 573 g/mol. The van der Waals surface area contributed by atoms with Gasteiger partial charge in [-0.2, -0.15) is 0 Å². The average molecular weight is 574 g/mol. The molecule has 1 N–H and O–H groups in total. The predicted molar refractivity (Wildman–Crippen MR) is 143 cm³/mol. The molecule has 1 heterocycles. The number of carbonyl (C=O) groups is 4. The number of benzene rings is 2. The third kappa shape index (κ3) is 3.54. The standard InChI is InChI=1S/C30H24BrNO6/c1-14-11-23(34)27-21(28(14)35)13-20-18(25(27)15-3-10-22(33)24(12-15)38-2)8-9-19-26(20)30(37)32(29(19)36)17-6-4-16(31)5-7-17/h3-8,10-12,19-20,25-26,33H,9,13H2,1-2H3/t19-,20+,25-,26-/m0/s1. The van der Waals surface area contributed by atoms with Gasteiger partial charge in [-0.05, 0) is 73.7 Å². The molecule has 38 heavy (non-hydrogen) atoms. The number of ether oxygens (including phenoxy) is 1. The van der Waals surface area contributed by atoms with Crippen LogP contribution in [0.5, 0.6) is 11.5 Å². The molecule has 4 aliphatic rings. The SMILES string of the molecule is COc1cc([C@H]2C3=CC[C@@H]4C(=O)N(c5ccc(Br)cc5)C(=O)[C@@H]4[C@@H]3CC3=C2C(=O)C=C(C)C3=O)ccc1O. The van der Waals surface area contributed by atoms with E-state index >= 15 is 0 Å². The summed E-state index contributed by atoms with van der Waals surface area (Å²) in [4.78, 5) is 55.4. The molecule has 2 aromatic carbocycles. The van der Waals surface area contributed by atoms with Gasteiger partial charge in [-0.25, -0.2) is 0 Å². The zero-order chi connectivity index (χ0) is 26.9. The summed E-state index contributed by atoms with van der Waals surface area (Å²) < 4.78 is 6.16. The number of aromatic hydroxyl groups is 1. The van der Waals surface area contributed by atoms with Crippen LogP contribution in [0.4, 0.5) is 5.69 Å². The van der Waals surface area contributed by atoms with Gasteiger partial charge in [0.1, 0.15) is 0 Å². The largest absolute Gasteiger partial charge is 0.504 e. The van der Waals surface area contributed by atoms with Gasteiger partial charge in [-0.1, -0.05) is 33.6 Å². The Morgan fingerprint density at radius 2 is 1.74 bits per heavy atom. The number of ketones is 2. The summed E-state index contributed by atoms with van der Waals surface area (Å²) in [5.74, 6) is -2.97. The highest BCUT2D eigenvalue weighted by Gasteiger charge is 2.56. The first-order chi connectivity index (χ1) is 18.2. The Hall–Kier alpha value is -3.78. The number of phenols is 1. The molecule has 1 aliphatic heterocycles. The van der Waals surface area contributed by atoms with Crippen molar-refractivity contribution in [1.82, 2.24) is 0 Å². The number of hydrogen-bond acceptors (Lipinski definition) is 6. The van der Waals surface area contributed by atoms with E-state index in [1.54, 1.807) is 43.3 Å². The highest BCUT2D eigenvalue weighted by molar-refractivity contribution is 9.10. The molecular formula is C30H24BrNO6. The third-order valence-corrected chi connectivity index (χ3v) is 8.71. The minimum atomic E-state index is -0.643. The Morgan fingerprint density at radius 1 is 1.00 bits per heavy atom. The number of carbonyl (C=O) groups excluding carboxylic acids is 4. The predicted octanol–water partition coefficient (Wildman–Crippen LogP) is 4.80. The number of anilines is 1. The van der Waals surface area contributed by atoms with Gasteiger partial charge in [-0.15, -0.1) is 0 Å². The fourth-order valence-electron chi connectivity index (χ4n) is 6.48. The Labute approximate surface area is 227 Å². The van der Waals surface area contributed by atoms with Crippen molar-refractivity contribution >= 4 is 45.0 Å². The van der Waals surface area contributed by atoms with Gasteiger partial charge in [0.05, 0.1) is 24.6 Å². The van der Waals surface area contributed by atoms with E-state index in [0.29, 0.717) is 34.4 Å². The van der Waals surface area contributed by atoms with Crippen LogP contribution in [-0.2, 0) is 19.2 Å². The maximum absolute atomic E-state index is 13.9. The number of fused-ring (bicyclic) bond motifs is 3. The van der Waals surface area contributed by atoms with E-state index in [2.05, 4.69) is 15.9 Å². The number of hydrogen-bond donors (Lipinski definition) is 1. The quantitative estimate of drug-likeness (QED) is 0.321. The Morgan fingerprint density at radius 3 is 2.45 bits per heavy atom. The van der Waals surface area contributed by atoms with Crippen molar-refractivity contribution < 1.29 is 29.0 Å². The number of halogens is 1. The highest BCUT2D eigenvalue weighted by atomic mass is 79.9. The summed E-state index contributed by atoms with van der Waals surface area (Å²) in [5.41, 5.74) is 3.20. The van der Waals surface area contributed by atoms with Crippen LogP contribution in [0.3, 0.4) is 0 Å². The molecule has 0 bridgehead atoms. The van der Waals surface area contributed by atoms with E-state index in [4.69, 9.17) is 4.74 Å². The van der Waals surface area contributed by atoms with Gasteiger partial charge in [0.2, 0.25) is 11.8 Å². The molecule has 0 unspecified atom stereocenters. The molecule has 0 aromatic heterocycles. The maximum atomic E-state index is 13.9. The Balaban J connectivity index is 1.49. The average Bonchev–Trinajstić information content (AvgIpc) is 3.16. The molecule has 1 fully saturated rings. The van der Waals surface area contributed by atoms with E-state index in [1.807, 2.05) is 6.08 Å². The topological polar surface area (TPSA) is 101 Å². The number of phenolic OH excluding ortho intramolecular Hbond substituents is 1. The maximum Gasteiger partial charge on any atom is 0.238 e. The van der Waals surface area contributed by atoms with E-state index < -0.39 is 23.7 Å². The van der Waals surface area contributed by atoms with Crippen molar-refractivity contribution in [1.29, 1.82) is 0 Å². The summed E-state index contributed by atoms with van der Waals surface area (Å²) in [6.07, 6.45) is 3.92. The molecule has 0 radical (unpaired) electrons. The summed E-state index contributed by atoms with van der Waals surface area (Å²) in [5, 5.41) is 10.2. The van der Waals surface area contributed by atoms with Crippen LogP contribution in [-0.4, -0.2) is 35.6 Å². The van der Waals surface area contributed by atoms with Crippen LogP contribution in [0.2, 0.25) is 0 Å². The summed E-state index contributed by atoms with van der Waals surface area (Å²) in [6.45, 7) is 1.62. The first-order valence-corrected chi connectivity index (χ1v) is 13.2. The van der Waals surface area contributed by atoms with E-state index in [0.717, 1.165) is 10.0 Å². The Bertz CT molecular complexity index is 1530. The van der Waals surface area contributed by atoms with Gasteiger partial charge in [0.15, 0.2) is 23.1 Å². The van der Waals surface area contributed by atoms with Gasteiger partial charge in [0, 0.05) is 27.1 Å². The van der Waals surface area contributed by atoms with E-state index in [9.17, 15) is 24.3 Å². The minimum Gasteiger partial charge on any atom is -0.504 e. The van der Waals surface area contributed by atoms with Crippen LogP contribution >= 0.6 is 15.9 Å². The Kier molecular flexibility index (Phi) is 5.76. The normalized spacial score (nSPS) is 26.6. The first kappa shape index (κ1) is 24.6. The molecule has 192 valence electrons. The molecule has 0 saturated carbocycles. The molecule has 6 rings (SSSR count). The van der Waals surface area contributed by atoms with Crippen molar-refractivity contribution in [3.05, 3.63) is 86.9 Å². The fourth-order valence-corrected chi connectivity index (χ4v) is 6.74. The molecule has 8 heteroatoms. The summed E-state index contributed by atoms with van der Waals surface area (Å²) in [7, 11) is 1.44. The molecule has 4 atom stereocenters. The summed E-state index contributed by atoms with van der Waals surface area (Å²) >= 11 is 3.39. The zero-order valence-corrected chi connectivity index (χ0v) is 22.3. The number of Topliss-reactive ketones (excluding diaryl/α,β-unsaturated/α-hetero) is 1. The van der Waals surface area contributed by atoms with Gasteiger partial charge in [0.25, 0.3) is 0 Å². The third-order valence-electron chi connectivity index (χ3n) is 8.18. The van der Waals surface area contributed by atoms with Gasteiger partial charge in [-0.3, -0.25) is 24.1 Å². The number of amides is 2. The van der Waals surface area contributed by atoms with Crippen molar-refractivity contribution in [2.45, 2.75) is 25.7 Å². The zero-order valence-electron chi connectivity index (χ0n) is 20.7. The smallest absolute Gasteiger partial charge is 0.238 e. The summed E-state index contributed by atoms with van der Waals surface area (Å²) in [6, 6.07) is 11.9. The second kappa shape index (κ2) is 8.91. The lowest BCUT2D eigenvalue weighted by Crippen LogP contribution is -2.39. The highest BCUT2D eigenvalue weighted by Crippen LogP contribution is 2.55. The number of imide groups is 1. The second-order valence-corrected chi connectivity index (χ2v) is 11.1. The van der Waals surface area contributed by atoms with E-state index in [-0.39, 0.29) is 41.3 Å². The molecule has 2 aromatic rings. The fraction of sp³-hybridized carbons (Fsp3) is 0.267. The molecular weight excluding hydrogens is 550 g/mol. The molecule has 3 aliphatic carbocycles. The van der Waals surface area contributed by atoms with Crippen molar-refractivity contribution in [3.8, 4) is 11.5 Å². The lowest BCUT2D eigenvalue weighted by Gasteiger charge is -2.42. The van der Waals surface area contributed by atoms with Crippen molar-refractivity contribution in [2.24, 2.45) is 17.8 Å². The molecule has 1 saturated heterocycles. The molecule has 7 nitrogen and oxygen atoms in total. The first-order valence-electron chi connectivity index (χ1n) is 12.4. The number of methoxy groups -OCH3 is 1. The van der Waals surface area contributed by atoms with Crippen LogP contribution in [0.15, 0.2) is 81.4 Å².